The van der Waals surface area contributed by atoms with E-state index in [4.69, 9.17) is 4.42 Å². The van der Waals surface area contributed by atoms with Gasteiger partial charge in [0.25, 0.3) is 5.91 Å². The van der Waals surface area contributed by atoms with Gasteiger partial charge >= 0.3 is 0 Å². The van der Waals surface area contributed by atoms with Crippen molar-refractivity contribution in [3.8, 4) is 0 Å². The number of hydrogen-bond acceptors (Lipinski definition) is 5. The second-order valence-corrected chi connectivity index (χ2v) is 5.19. The molecule has 0 saturated carbocycles. The molecule has 1 aliphatic heterocycles. The van der Waals surface area contributed by atoms with Gasteiger partial charge in [0, 0.05) is 6.04 Å². The van der Waals surface area contributed by atoms with E-state index in [1.807, 2.05) is 30.3 Å². The first-order valence-electron chi connectivity index (χ1n) is 7.18. The van der Waals surface area contributed by atoms with Gasteiger partial charge in [-0.15, -0.1) is 0 Å². The third kappa shape index (κ3) is 3.24. The van der Waals surface area contributed by atoms with E-state index in [-0.39, 0.29) is 18.0 Å². The topological polar surface area (TPSA) is 78.7 Å². The number of benzene rings is 1. The zero-order chi connectivity index (χ0) is 15.4. The monoisotopic (exact) mass is 298 g/mol. The summed E-state index contributed by atoms with van der Waals surface area (Å²) >= 11 is 0. The number of hydrazine groups is 1. The lowest BCUT2D eigenvalue weighted by atomic mass is 10.0. The molecule has 6 nitrogen and oxygen atoms in total. The van der Waals surface area contributed by atoms with E-state index in [9.17, 15) is 4.79 Å². The molecule has 1 aromatic carbocycles. The lowest BCUT2D eigenvalue weighted by Crippen LogP contribution is -2.41. The predicted molar refractivity (Wildman–Crippen MR) is 82.9 cm³/mol. The molecule has 1 saturated heterocycles. The molecule has 2 aromatic rings. The van der Waals surface area contributed by atoms with E-state index in [0.717, 1.165) is 5.56 Å². The SMILES string of the molecule is C/C(=N\NC(=O)C1CC(c2ccccc2)NN1)c1ccco1. The third-order valence-corrected chi connectivity index (χ3v) is 3.63. The lowest BCUT2D eigenvalue weighted by molar-refractivity contribution is -0.122. The van der Waals surface area contributed by atoms with Crippen molar-refractivity contribution in [1.29, 1.82) is 0 Å². The zero-order valence-corrected chi connectivity index (χ0v) is 12.2. The normalized spacial score (nSPS) is 21.8. The minimum absolute atomic E-state index is 0.118. The van der Waals surface area contributed by atoms with Crippen LogP contribution in [-0.4, -0.2) is 17.7 Å². The highest BCUT2D eigenvalue weighted by molar-refractivity contribution is 5.97. The minimum atomic E-state index is -0.321. The molecule has 1 aliphatic rings. The molecule has 114 valence electrons. The molecule has 1 aromatic heterocycles. The average Bonchev–Trinajstić information content (AvgIpc) is 3.24. The number of furan rings is 1. The average molecular weight is 298 g/mol. The van der Waals surface area contributed by atoms with Gasteiger partial charge in [0.05, 0.1) is 6.26 Å². The fourth-order valence-electron chi connectivity index (χ4n) is 2.39. The molecule has 1 amide bonds. The Morgan fingerprint density at radius 2 is 2.05 bits per heavy atom. The van der Waals surface area contributed by atoms with E-state index < -0.39 is 0 Å². The van der Waals surface area contributed by atoms with Crippen molar-refractivity contribution in [2.75, 3.05) is 0 Å². The smallest absolute Gasteiger partial charge is 0.258 e. The molecule has 3 rings (SSSR count). The molecule has 2 unspecified atom stereocenters. The van der Waals surface area contributed by atoms with Crippen LogP contribution in [0.5, 0.6) is 0 Å². The Balaban J connectivity index is 1.57. The number of rotatable bonds is 4. The van der Waals surface area contributed by atoms with Crippen LogP contribution in [0.1, 0.15) is 30.7 Å². The third-order valence-electron chi connectivity index (χ3n) is 3.63. The Kier molecular flexibility index (Phi) is 4.32. The Morgan fingerprint density at radius 1 is 1.23 bits per heavy atom. The van der Waals surface area contributed by atoms with Crippen LogP contribution in [0.25, 0.3) is 0 Å². The van der Waals surface area contributed by atoms with Crippen LogP contribution in [0.4, 0.5) is 0 Å². The molecule has 0 radical (unpaired) electrons. The molecule has 0 bridgehead atoms. The lowest BCUT2D eigenvalue weighted by Gasteiger charge is -2.08. The summed E-state index contributed by atoms with van der Waals surface area (Å²) in [5, 5.41) is 4.06. The van der Waals surface area contributed by atoms with Crippen molar-refractivity contribution in [3.63, 3.8) is 0 Å². The maximum Gasteiger partial charge on any atom is 0.258 e. The van der Waals surface area contributed by atoms with Crippen molar-refractivity contribution in [2.24, 2.45) is 5.10 Å². The fourth-order valence-corrected chi connectivity index (χ4v) is 2.39. The van der Waals surface area contributed by atoms with Crippen molar-refractivity contribution >= 4 is 11.6 Å². The summed E-state index contributed by atoms with van der Waals surface area (Å²) in [6.07, 6.45) is 2.24. The summed E-state index contributed by atoms with van der Waals surface area (Å²) in [4.78, 5) is 12.1. The summed E-state index contributed by atoms with van der Waals surface area (Å²) in [6, 6.07) is 13.4. The molecular formula is C16H18N4O2. The number of amides is 1. The highest BCUT2D eigenvalue weighted by Gasteiger charge is 2.29. The summed E-state index contributed by atoms with van der Waals surface area (Å²) in [6.45, 7) is 1.78. The highest BCUT2D eigenvalue weighted by Crippen LogP contribution is 2.21. The minimum Gasteiger partial charge on any atom is -0.463 e. The quantitative estimate of drug-likeness (QED) is 0.593. The Labute approximate surface area is 128 Å². The first kappa shape index (κ1) is 14.5. The molecule has 0 aliphatic carbocycles. The molecular weight excluding hydrogens is 280 g/mol. The van der Waals surface area contributed by atoms with Gasteiger partial charge in [0.2, 0.25) is 0 Å². The number of hydrazone groups is 1. The summed E-state index contributed by atoms with van der Waals surface area (Å²) in [7, 11) is 0. The standard InChI is InChI=1S/C16H18N4O2/c1-11(15-8-5-9-22-15)17-20-16(21)14-10-13(18-19-14)12-6-3-2-4-7-12/h2-9,13-14,18-19H,10H2,1H3,(H,20,21)/b17-11+. The van der Waals surface area contributed by atoms with Crippen molar-refractivity contribution in [3.05, 3.63) is 60.1 Å². The first-order valence-corrected chi connectivity index (χ1v) is 7.18. The Hall–Kier alpha value is -2.44. The Bertz CT molecular complexity index is 652. The summed E-state index contributed by atoms with van der Waals surface area (Å²) in [5.41, 5.74) is 10.5. The molecule has 1 fully saturated rings. The van der Waals surface area contributed by atoms with Gasteiger partial charge in [-0.1, -0.05) is 30.3 Å². The summed E-state index contributed by atoms with van der Waals surface area (Å²) < 4.78 is 5.22. The molecule has 0 spiro atoms. The van der Waals surface area contributed by atoms with Crippen LogP contribution in [0.3, 0.4) is 0 Å². The van der Waals surface area contributed by atoms with Crippen molar-refractivity contribution in [2.45, 2.75) is 25.4 Å². The van der Waals surface area contributed by atoms with E-state index in [1.54, 1.807) is 25.3 Å². The van der Waals surface area contributed by atoms with Gasteiger partial charge in [0.15, 0.2) is 0 Å². The van der Waals surface area contributed by atoms with Crippen LogP contribution in [0.15, 0.2) is 58.2 Å². The maximum atomic E-state index is 12.1. The molecule has 6 heteroatoms. The van der Waals surface area contributed by atoms with E-state index in [2.05, 4.69) is 21.4 Å². The van der Waals surface area contributed by atoms with Crippen molar-refractivity contribution in [1.82, 2.24) is 16.3 Å². The second kappa shape index (κ2) is 6.55. The van der Waals surface area contributed by atoms with Crippen LogP contribution in [0, 0.1) is 0 Å². The Morgan fingerprint density at radius 3 is 2.77 bits per heavy atom. The number of nitrogens with zero attached hydrogens (tertiary/aromatic N) is 1. The summed E-state index contributed by atoms with van der Waals surface area (Å²) in [5.74, 6) is 0.469. The van der Waals surface area contributed by atoms with Gasteiger partial charge in [-0.25, -0.2) is 16.3 Å². The van der Waals surface area contributed by atoms with Gasteiger partial charge in [-0.2, -0.15) is 5.10 Å². The van der Waals surface area contributed by atoms with Crippen molar-refractivity contribution < 1.29 is 9.21 Å². The van der Waals surface area contributed by atoms with Crippen LogP contribution in [-0.2, 0) is 4.79 Å². The number of carbonyl (C=O) groups excluding carboxylic acids is 1. The van der Waals surface area contributed by atoms with Gasteiger partial charge < -0.3 is 4.42 Å². The van der Waals surface area contributed by atoms with Gasteiger partial charge in [-0.3, -0.25) is 4.79 Å². The van der Waals surface area contributed by atoms with Gasteiger partial charge in [-0.05, 0) is 31.0 Å². The molecule has 2 atom stereocenters. The first-order chi connectivity index (χ1) is 10.7. The zero-order valence-electron chi connectivity index (χ0n) is 12.2. The van der Waals surface area contributed by atoms with E-state index >= 15 is 0 Å². The van der Waals surface area contributed by atoms with E-state index in [1.165, 1.54) is 0 Å². The predicted octanol–water partition coefficient (Wildman–Crippen LogP) is 1.73. The largest absolute Gasteiger partial charge is 0.463 e. The highest BCUT2D eigenvalue weighted by atomic mass is 16.3. The van der Waals surface area contributed by atoms with E-state index in [0.29, 0.717) is 17.9 Å². The van der Waals surface area contributed by atoms with Gasteiger partial charge in [0.1, 0.15) is 17.5 Å². The fraction of sp³-hybridized carbons (Fsp3) is 0.250. The molecule has 3 N–H and O–H groups in total. The number of carbonyl (C=O) groups is 1. The second-order valence-electron chi connectivity index (χ2n) is 5.19. The van der Waals surface area contributed by atoms with Crippen LogP contribution < -0.4 is 16.3 Å². The molecule has 2 heterocycles. The maximum absolute atomic E-state index is 12.1. The van der Waals surface area contributed by atoms with Crippen LogP contribution >= 0.6 is 0 Å². The number of hydrogen-bond donors (Lipinski definition) is 3. The van der Waals surface area contributed by atoms with Crippen LogP contribution in [0.2, 0.25) is 0 Å². The molecule has 22 heavy (non-hydrogen) atoms. The number of nitrogens with one attached hydrogen (secondary N) is 3.